The minimum absolute atomic E-state index is 0.221. The average Bonchev–Trinajstić information content (AvgIpc) is 2.41. The summed E-state index contributed by atoms with van der Waals surface area (Å²) < 4.78 is 43.2. The lowest BCUT2D eigenvalue weighted by molar-refractivity contribution is -0.0769. The van der Waals surface area contributed by atoms with Crippen molar-refractivity contribution in [1.82, 2.24) is 5.32 Å². The number of hydrogen-bond donors (Lipinski definition) is 1. The Morgan fingerprint density at radius 2 is 1.89 bits per heavy atom. The molecule has 3 atom stereocenters. The Balaban J connectivity index is 2.60. The van der Waals surface area contributed by atoms with Crippen molar-refractivity contribution in [3.63, 3.8) is 0 Å². The lowest BCUT2D eigenvalue weighted by Gasteiger charge is -2.23. The Morgan fingerprint density at radius 3 is 2.37 bits per heavy atom. The van der Waals surface area contributed by atoms with Crippen molar-refractivity contribution < 1.29 is 17.9 Å². The van der Waals surface area contributed by atoms with Gasteiger partial charge in [0, 0.05) is 13.7 Å². The molecule has 0 heterocycles. The average molecular weight is 272 g/mol. The van der Waals surface area contributed by atoms with Crippen LogP contribution in [0.1, 0.15) is 5.56 Å². The molecule has 0 aliphatic carbocycles. The van der Waals surface area contributed by atoms with E-state index >= 15 is 0 Å². The second-order valence-electron chi connectivity index (χ2n) is 3.95. The van der Waals surface area contributed by atoms with E-state index in [2.05, 4.69) is 10.1 Å². The smallest absolute Gasteiger partial charge is 0.267 e. The van der Waals surface area contributed by atoms with E-state index in [9.17, 15) is 13.2 Å². The van der Waals surface area contributed by atoms with Crippen molar-refractivity contribution >= 4 is 0 Å². The Kier molecular flexibility index (Phi) is 6.33. The molecule has 0 aliphatic rings. The van der Waals surface area contributed by atoms with E-state index in [1.165, 1.54) is 0 Å². The molecule has 3 unspecified atom stereocenters. The van der Waals surface area contributed by atoms with E-state index in [0.717, 1.165) is 12.7 Å². The van der Waals surface area contributed by atoms with E-state index in [1.807, 2.05) is 6.07 Å². The van der Waals surface area contributed by atoms with Crippen LogP contribution < -0.4 is 5.32 Å². The predicted octanol–water partition coefficient (Wildman–Crippen LogP) is 2.29. The van der Waals surface area contributed by atoms with Crippen LogP contribution in [-0.2, 0) is 11.3 Å². The minimum atomic E-state index is -2.98. The van der Waals surface area contributed by atoms with Gasteiger partial charge in [-0.15, -0.1) is 0 Å². The van der Waals surface area contributed by atoms with Gasteiger partial charge in [-0.05, 0) is 5.56 Å². The molecule has 0 spiro atoms. The second kappa shape index (κ2) is 7.77. The number of alkyl halides is 3. The Morgan fingerprint density at radius 1 is 1.26 bits per heavy atom. The van der Waals surface area contributed by atoms with E-state index in [4.69, 9.17) is 5.26 Å². The first-order chi connectivity index (χ1) is 9.10. The highest BCUT2D eigenvalue weighted by Gasteiger charge is 2.35. The molecular formula is C13H15F3N2O. The van der Waals surface area contributed by atoms with Gasteiger partial charge < -0.3 is 4.74 Å². The molecule has 104 valence electrons. The molecule has 0 aromatic heterocycles. The number of benzene rings is 1. The van der Waals surface area contributed by atoms with Crippen LogP contribution in [0.3, 0.4) is 0 Å². The summed E-state index contributed by atoms with van der Waals surface area (Å²) in [6, 6.07) is 9.28. The molecule has 19 heavy (non-hydrogen) atoms. The third-order valence-electron chi connectivity index (χ3n) is 2.66. The van der Waals surface area contributed by atoms with Crippen LogP contribution in [0.15, 0.2) is 30.3 Å². The first kappa shape index (κ1) is 15.5. The number of nitriles is 1. The van der Waals surface area contributed by atoms with E-state index < -0.39 is 24.7 Å². The third-order valence-corrected chi connectivity index (χ3v) is 2.66. The number of halogens is 3. The van der Waals surface area contributed by atoms with E-state index in [-0.39, 0.29) is 6.54 Å². The molecule has 0 amide bonds. The van der Waals surface area contributed by atoms with Crippen LogP contribution in [0, 0.1) is 11.3 Å². The maximum absolute atomic E-state index is 13.8. The van der Waals surface area contributed by atoms with Gasteiger partial charge in [0.15, 0.2) is 12.3 Å². The van der Waals surface area contributed by atoms with Gasteiger partial charge in [-0.25, -0.2) is 13.2 Å². The molecule has 6 heteroatoms. The lowest BCUT2D eigenvalue weighted by Crippen LogP contribution is -2.46. The molecule has 3 nitrogen and oxygen atoms in total. The van der Waals surface area contributed by atoms with Crippen LogP contribution in [0.5, 0.6) is 0 Å². The summed E-state index contributed by atoms with van der Waals surface area (Å²) in [4.78, 5) is 0. The molecule has 1 aromatic carbocycles. The Hall–Kier alpha value is -1.58. The summed E-state index contributed by atoms with van der Waals surface area (Å²) in [5.41, 5.74) is 0.834. The molecule has 0 saturated carbocycles. The third kappa shape index (κ3) is 4.54. The monoisotopic (exact) mass is 272 g/mol. The fourth-order valence-corrected chi connectivity index (χ4v) is 1.61. The zero-order valence-corrected chi connectivity index (χ0v) is 10.4. The van der Waals surface area contributed by atoms with Crippen LogP contribution in [0.2, 0.25) is 0 Å². The first-order valence-electron chi connectivity index (χ1n) is 5.72. The first-order valence-corrected chi connectivity index (χ1v) is 5.72. The van der Waals surface area contributed by atoms with Crippen molar-refractivity contribution in [1.29, 1.82) is 5.26 Å². The van der Waals surface area contributed by atoms with Gasteiger partial charge in [0.1, 0.15) is 6.04 Å². The van der Waals surface area contributed by atoms with Crippen molar-refractivity contribution in [3.05, 3.63) is 35.9 Å². The van der Waals surface area contributed by atoms with Crippen molar-refractivity contribution in [2.75, 3.05) is 7.11 Å². The summed E-state index contributed by atoms with van der Waals surface area (Å²) >= 11 is 0. The maximum Gasteiger partial charge on any atom is 0.267 e. The number of rotatable bonds is 7. The zero-order valence-electron chi connectivity index (χ0n) is 10.4. The lowest BCUT2D eigenvalue weighted by atomic mass is 10.1. The predicted molar refractivity (Wildman–Crippen MR) is 64.4 cm³/mol. The second-order valence-corrected chi connectivity index (χ2v) is 3.95. The zero-order chi connectivity index (χ0) is 14.3. The van der Waals surface area contributed by atoms with Crippen LogP contribution in [-0.4, -0.2) is 31.9 Å². The number of ether oxygens (including phenoxy) is 1. The summed E-state index contributed by atoms with van der Waals surface area (Å²) in [6.45, 7) is 0.221. The quantitative estimate of drug-likeness (QED) is 0.828. The number of hydrogen-bond acceptors (Lipinski definition) is 3. The number of methoxy groups -OCH3 is 1. The van der Waals surface area contributed by atoms with Gasteiger partial charge in [0.2, 0.25) is 0 Å². The van der Waals surface area contributed by atoms with Crippen LogP contribution in [0.25, 0.3) is 0 Å². The summed E-state index contributed by atoms with van der Waals surface area (Å²) in [5, 5.41) is 11.5. The number of nitrogens with one attached hydrogen (secondary N) is 1. The highest BCUT2D eigenvalue weighted by atomic mass is 19.3. The fourth-order valence-electron chi connectivity index (χ4n) is 1.61. The van der Waals surface area contributed by atoms with Crippen LogP contribution >= 0.6 is 0 Å². The summed E-state index contributed by atoms with van der Waals surface area (Å²) in [7, 11) is 0.995. The molecule has 1 N–H and O–H groups in total. The highest BCUT2D eigenvalue weighted by Crippen LogP contribution is 2.16. The standard InChI is InChI=1S/C13H15F3N2O/c1-19-12(13(15)16)11(14)10(7-17)18-8-9-5-3-2-4-6-9/h2-6,10-13,18H,8H2,1H3. The van der Waals surface area contributed by atoms with Gasteiger partial charge in [-0.1, -0.05) is 30.3 Å². The Bertz CT molecular complexity index is 408. The largest absolute Gasteiger partial charge is 0.372 e. The van der Waals surface area contributed by atoms with Crippen molar-refractivity contribution in [2.45, 2.75) is 31.3 Å². The SMILES string of the molecule is COC(C(F)F)C(F)C(C#N)NCc1ccccc1. The van der Waals surface area contributed by atoms with Crippen molar-refractivity contribution in [2.24, 2.45) is 0 Å². The van der Waals surface area contributed by atoms with Crippen molar-refractivity contribution in [3.8, 4) is 6.07 Å². The van der Waals surface area contributed by atoms with Gasteiger partial charge in [-0.2, -0.15) is 5.26 Å². The Labute approximate surface area is 110 Å². The molecule has 0 aliphatic heterocycles. The topological polar surface area (TPSA) is 45.0 Å². The minimum Gasteiger partial charge on any atom is -0.372 e. The maximum atomic E-state index is 13.8. The summed E-state index contributed by atoms with van der Waals surface area (Å²) in [6.07, 6.45) is -6.99. The summed E-state index contributed by atoms with van der Waals surface area (Å²) in [5.74, 6) is 0. The fraction of sp³-hybridized carbons (Fsp3) is 0.462. The molecule has 0 bridgehead atoms. The van der Waals surface area contributed by atoms with Gasteiger partial charge in [0.25, 0.3) is 6.43 Å². The van der Waals surface area contributed by atoms with Gasteiger partial charge >= 0.3 is 0 Å². The molecule has 1 rings (SSSR count). The van der Waals surface area contributed by atoms with Gasteiger partial charge in [0.05, 0.1) is 6.07 Å². The number of nitrogens with zero attached hydrogens (tertiary/aromatic N) is 1. The molecule has 1 aromatic rings. The van der Waals surface area contributed by atoms with Gasteiger partial charge in [-0.3, -0.25) is 5.32 Å². The molecule has 0 fully saturated rings. The molecule has 0 saturated heterocycles. The van der Waals surface area contributed by atoms with Crippen LogP contribution in [0.4, 0.5) is 13.2 Å². The van der Waals surface area contributed by atoms with E-state index in [1.54, 1.807) is 30.3 Å². The molecule has 0 radical (unpaired) electrons. The highest BCUT2D eigenvalue weighted by molar-refractivity contribution is 5.15. The normalized spacial score (nSPS) is 15.8. The van der Waals surface area contributed by atoms with E-state index in [0.29, 0.717) is 0 Å². The molecular weight excluding hydrogens is 257 g/mol.